The summed E-state index contributed by atoms with van der Waals surface area (Å²) in [6.07, 6.45) is -0.632. The molecule has 1 aromatic heterocycles. The maximum atomic E-state index is 10.3. The number of hydrogen-bond acceptors (Lipinski definition) is 2. The van der Waals surface area contributed by atoms with Crippen molar-refractivity contribution in [1.29, 1.82) is 0 Å². The number of aromatic nitrogens is 1. The topological polar surface area (TPSA) is 33.1 Å². The van der Waals surface area contributed by atoms with Crippen molar-refractivity contribution in [2.45, 2.75) is 20.0 Å². The number of aryl methyl sites for hydroxylation is 2. The van der Waals surface area contributed by atoms with E-state index in [-0.39, 0.29) is 0 Å². The van der Waals surface area contributed by atoms with E-state index in [0.717, 1.165) is 22.5 Å². The third kappa shape index (κ3) is 2.84. The fourth-order valence-electron chi connectivity index (χ4n) is 1.86. The number of pyridine rings is 1. The highest BCUT2D eigenvalue weighted by molar-refractivity contribution is 6.30. The molecule has 0 aliphatic rings. The highest BCUT2D eigenvalue weighted by atomic mass is 35.5. The molecule has 3 heteroatoms. The second-order valence-electron chi connectivity index (χ2n) is 4.14. The monoisotopic (exact) mass is 247 g/mol. The molecule has 0 aliphatic heterocycles. The molecule has 2 nitrogen and oxygen atoms in total. The summed E-state index contributed by atoms with van der Waals surface area (Å²) in [5.74, 6) is 0. The number of rotatable bonds is 2. The van der Waals surface area contributed by atoms with Crippen LogP contribution in [0.25, 0.3) is 0 Å². The zero-order valence-corrected chi connectivity index (χ0v) is 10.6. The third-order valence-corrected chi connectivity index (χ3v) is 2.86. The second kappa shape index (κ2) is 4.86. The highest BCUT2D eigenvalue weighted by Crippen LogP contribution is 2.24. The quantitative estimate of drug-likeness (QED) is 0.882. The van der Waals surface area contributed by atoms with E-state index >= 15 is 0 Å². The molecular formula is C14H14ClNO. The van der Waals surface area contributed by atoms with E-state index in [4.69, 9.17) is 11.6 Å². The van der Waals surface area contributed by atoms with Gasteiger partial charge in [-0.15, -0.1) is 0 Å². The number of nitrogens with zero attached hydrogens (tertiary/aromatic N) is 1. The molecule has 1 atom stereocenters. The molecule has 0 spiro atoms. The van der Waals surface area contributed by atoms with Crippen LogP contribution in [0, 0.1) is 13.8 Å². The molecule has 0 amide bonds. The average Bonchev–Trinajstić information content (AvgIpc) is 2.28. The molecule has 0 fully saturated rings. The number of aliphatic hydroxyl groups excluding tert-OH is 1. The van der Waals surface area contributed by atoms with Gasteiger partial charge in [-0.1, -0.05) is 23.7 Å². The smallest absolute Gasteiger partial charge is 0.104 e. The Balaban J connectivity index is 2.36. The Morgan fingerprint density at radius 1 is 1.00 bits per heavy atom. The van der Waals surface area contributed by atoms with Crippen molar-refractivity contribution < 1.29 is 5.11 Å². The maximum Gasteiger partial charge on any atom is 0.104 e. The lowest BCUT2D eigenvalue weighted by atomic mass is 10.0. The summed E-state index contributed by atoms with van der Waals surface area (Å²) in [6.45, 7) is 3.84. The Morgan fingerprint density at radius 2 is 1.53 bits per heavy atom. The van der Waals surface area contributed by atoms with Gasteiger partial charge >= 0.3 is 0 Å². The molecule has 0 aliphatic carbocycles. The fourth-order valence-corrected chi connectivity index (χ4v) is 1.99. The molecule has 88 valence electrons. The van der Waals surface area contributed by atoms with Gasteiger partial charge in [-0.3, -0.25) is 4.98 Å². The summed E-state index contributed by atoms with van der Waals surface area (Å²) in [7, 11) is 0. The Labute approximate surface area is 106 Å². The zero-order chi connectivity index (χ0) is 12.4. The summed E-state index contributed by atoms with van der Waals surface area (Å²) in [4.78, 5) is 4.29. The molecule has 1 N–H and O–H groups in total. The van der Waals surface area contributed by atoms with Crippen LogP contribution >= 0.6 is 11.6 Å². The number of halogens is 1. The van der Waals surface area contributed by atoms with E-state index in [2.05, 4.69) is 4.98 Å². The lowest BCUT2D eigenvalue weighted by Crippen LogP contribution is -2.01. The largest absolute Gasteiger partial charge is 0.384 e. The van der Waals surface area contributed by atoms with Gasteiger partial charge in [0.2, 0.25) is 0 Å². The summed E-state index contributed by atoms with van der Waals surface area (Å²) in [5.41, 5.74) is 3.51. The SMILES string of the molecule is Cc1cc(C(O)c2ccc(Cl)cc2)cc(C)n1. The Morgan fingerprint density at radius 3 is 2.06 bits per heavy atom. The second-order valence-corrected chi connectivity index (χ2v) is 4.57. The molecule has 0 bridgehead atoms. The maximum absolute atomic E-state index is 10.3. The van der Waals surface area contributed by atoms with Crippen LogP contribution in [-0.4, -0.2) is 10.1 Å². The Kier molecular flexibility index (Phi) is 3.46. The van der Waals surface area contributed by atoms with Crippen LogP contribution in [0.3, 0.4) is 0 Å². The van der Waals surface area contributed by atoms with Crippen molar-refractivity contribution in [3.63, 3.8) is 0 Å². The highest BCUT2D eigenvalue weighted by Gasteiger charge is 2.11. The van der Waals surface area contributed by atoms with E-state index in [1.54, 1.807) is 12.1 Å². The van der Waals surface area contributed by atoms with E-state index in [9.17, 15) is 5.11 Å². The van der Waals surface area contributed by atoms with Gasteiger partial charge in [-0.25, -0.2) is 0 Å². The molecule has 0 radical (unpaired) electrons. The van der Waals surface area contributed by atoms with Gasteiger partial charge in [0, 0.05) is 16.4 Å². The first-order valence-electron chi connectivity index (χ1n) is 5.45. The Hall–Kier alpha value is -1.38. The minimum Gasteiger partial charge on any atom is -0.384 e. The van der Waals surface area contributed by atoms with E-state index in [1.165, 1.54) is 0 Å². The van der Waals surface area contributed by atoms with Gasteiger partial charge in [0.15, 0.2) is 0 Å². The van der Waals surface area contributed by atoms with Gasteiger partial charge in [0.25, 0.3) is 0 Å². The molecule has 2 rings (SSSR count). The van der Waals surface area contributed by atoms with Gasteiger partial charge in [0.05, 0.1) is 0 Å². The molecule has 1 unspecified atom stereocenters. The van der Waals surface area contributed by atoms with Crippen LogP contribution in [-0.2, 0) is 0 Å². The van der Waals surface area contributed by atoms with Crippen LogP contribution in [0.1, 0.15) is 28.6 Å². The van der Waals surface area contributed by atoms with Crippen molar-refractivity contribution >= 4 is 11.6 Å². The summed E-state index contributed by atoms with van der Waals surface area (Å²) in [6, 6.07) is 11.0. The van der Waals surface area contributed by atoms with Crippen LogP contribution in [0.15, 0.2) is 36.4 Å². The first-order valence-corrected chi connectivity index (χ1v) is 5.83. The van der Waals surface area contributed by atoms with Crippen molar-refractivity contribution in [3.8, 4) is 0 Å². The summed E-state index contributed by atoms with van der Waals surface area (Å²) in [5, 5.41) is 10.9. The molecule has 1 aromatic carbocycles. The fraction of sp³-hybridized carbons (Fsp3) is 0.214. The van der Waals surface area contributed by atoms with Crippen LogP contribution in [0.4, 0.5) is 0 Å². The number of benzene rings is 1. The number of aliphatic hydroxyl groups is 1. The van der Waals surface area contributed by atoms with Crippen LogP contribution < -0.4 is 0 Å². The number of hydrogen-bond donors (Lipinski definition) is 1. The van der Waals surface area contributed by atoms with E-state index < -0.39 is 6.10 Å². The molecule has 0 saturated carbocycles. The zero-order valence-electron chi connectivity index (χ0n) is 9.81. The Bertz CT molecular complexity index is 502. The van der Waals surface area contributed by atoms with E-state index in [0.29, 0.717) is 5.02 Å². The summed E-state index contributed by atoms with van der Waals surface area (Å²) < 4.78 is 0. The average molecular weight is 248 g/mol. The van der Waals surface area contributed by atoms with Gasteiger partial charge in [0.1, 0.15) is 6.10 Å². The minimum absolute atomic E-state index is 0.632. The van der Waals surface area contributed by atoms with Gasteiger partial charge in [-0.05, 0) is 49.2 Å². The predicted octanol–water partition coefficient (Wildman–Crippen LogP) is 3.43. The lowest BCUT2D eigenvalue weighted by Gasteiger charge is -2.12. The normalized spacial score (nSPS) is 12.5. The molecule has 0 saturated heterocycles. The van der Waals surface area contributed by atoms with Crippen molar-refractivity contribution in [1.82, 2.24) is 4.98 Å². The first-order chi connectivity index (χ1) is 8.06. The van der Waals surface area contributed by atoms with Gasteiger partial charge < -0.3 is 5.11 Å². The molecule has 2 aromatic rings. The lowest BCUT2D eigenvalue weighted by molar-refractivity contribution is 0.220. The minimum atomic E-state index is -0.632. The predicted molar refractivity (Wildman–Crippen MR) is 69.2 cm³/mol. The van der Waals surface area contributed by atoms with Gasteiger partial charge in [-0.2, -0.15) is 0 Å². The van der Waals surface area contributed by atoms with Crippen LogP contribution in [0.2, 0.25) is 5.02 Å². The van der Waals surface area contributed by atoms with Crippen LogP contribution in [0.5, 0.6) is 0 Å². The molecule has 1 heterocycles. The molecular weight excluding hydrogens is 234 g/mol. The van der Waals surface area contributed by atoms with Crippen molar-refractivity contribution in [2.24, 2.45) is 0 Å². The van der Waals surface area contributed by atoms with Crippen molar-refractivity contribution in [2.75, 3.05) is 0 Å². The van der Waals surface area contributed by atoms with Crippen molar-refractivity contribution in [3.05, 3.63) is 63.9 Å². The molecule has 17 heavy (non-hydrogen) atoms. The summed E-state index contributed by atoms with van der Waals surface area (Å²) >= 11 is 5.82. The van der Waals surface area contributed by atoms with E-state index in [1.807, 2.05) is 38.1 Å². The first kappa shape index (κ1) is 12.1. The standard InChI is InChI=1S/C14H14ClNO/c1-9-7-12(8-10(2)16-9)14(17)11-3-5-13(15)6-4-11/h3-8,14,17H,1-2H3. The third-order valence-electron chi connectivity index (χ3n) is 2.61.